The van der Waals surface area contributed by atoms with E-state index in [9.17, 15) is 0 Å². The second kappa shape index (κ2) is 4.83. The fraction of sp³-hybridized carbons (Fsp3) is 0.333. The molecule has 90 valence electrons. The van der Waals surface area contributed by atoms with Gasteiger partial charge in [0.25, 0.3) is 0 Å². The van der Waals surface area contributed by atoms with Gasteiger partial charge in [-0.2, -0.15) is 0 Å². The largest absolute Gasteiger partial charge is 0.147 e. The van der Waals surface area contributed by atoms with Crippen molar-refractivity contribution in [1.29, 1.82) is 0 Å². The zero-order valence-corrected chi connectivity index (χ0v) is 12.0. The van der Waals surface area contributed by atoms with Crippen LogP contribution in [0.15, 0.2) is 41.8 Å². The monoisotopic (exact) mass is 264 g/mol. The van der Waals surface area contributed by atoms with Gasteiger partial charge in [0, 0.05) is 4.88 Å². The zero-order valence-electron chi connectivity index (χ0n) is 10.4. The highest BCUT2D eigenvalue weighted by atomic mass is 35.5. The Labute approximate surface area is 112 Å². The highest BCUT2D eigenvalue weighted by molar-refractivity contribution is 7.10. The van der Waals surface area contributed by atoms with Gasteiger partial charge in [-0.1, -0.05) is 51.1 Å². The minimum absolute atomic E-state index is 0.0241. The minimum Gasteiger partial charge on any atom is -0.147 e. The first kappa shape index (κ1) is 12.7. The van der Waals surface area contributed by atoms with Crippen molar-refractivity contribution in [2.24, 2.45) is 0 Å². The summed E-state index contributed by atoms with van der Waals surface area (Å²) in [6, 6.07) is 12.8. The average molecular weight is 265 g/mol. The first-order chi connectivity index (χ1) is 7.98. The molecule has 1 heterocycles. The van der Waals surface area contributed by atoms with Crippen LogP contribution in [0.1, 0.15) is 42.2 Å². The summed E-state index contributed by atoms with van der Waals surface area (Å²) in [5.41, 5.74) is 2.71. The quantitative estimate of drug-likeness (QED) is 0.640. The van der Waals surface area contributed by atoms with Crippen LogP contribution in [0.2, 0.25) is 0 Å². The molecule has 1 aromatic heterocycles. The highest BCUT2D eigenvalue weighted by Crippen LogP contribution is 2.33. The Hall–Kier alpha value is -0.790. The maximum atomic E-state index is 6.45. The molecule has 17 heavy (non-hydrogen) atoms. The van der Waals surface area contributed by atoms with Gasteiger partial charge in [-0.3, -0.25) is 0 Å². The third-order valence-electron chi connectivity index (χ3n) is 2.86. The second-order valence-corrected chi connectivity index (χ2v) is 6.67. The van der Waals surface area contributed by atoms with Gasteiger partial charge in [0.2, 0.25) is 0 Å². The van der Waals surface area contributed by atoms with E-state index in [1.807, 2.05) is 6.07 Å². The number of halogens is 1. The number of hydrogen-bond donors (Lipinski definition) is 0. The standard InChI is InChI=1S/C15H17ClS/c1-15(2,3)12-8-6-11(7-9-12)14(16)13-5-4-10-17-13/h4-10,14H,1-3H3. The summed E-state index contributed by atoms with van der Waals surface area (Å²) in [6.07, 6.45) is 0. The van der Waals surface area contributed by atoms with Gasteiger partial charge in [0.05, 0.1) is 5.38 Å². The van der Waals surface area contributed by atoms with E-state index in [1.165, 1.54) is 16.0 Å². The maximum Gasteiger partial charge on any atom is 0.0927 e. The molecule has 2 aromatic rings. The summed E-state index contributed by atoms with van der Waals surface area (Å²) in [7, 11) is 0. The molecule has 1 unspecified atom stereocenters. The third kappa shape index (κ3) is 2.91. The molecule has 0 spiro atoms. The van der Waals surface area contributed by atoms with E-state index in [4.69, 9.17) is 11.6 Å². The zero-order chi connectivity index (χ0) is 12.5. The Balaban J connectivity index is 2.24. The fourth-order valence-electron chi connectivity index (χ4n) is 1.75. The molecule has 0 aliphatic rings. The van der Waals surface area contributed by atoms with Gasteiger partial charge in [-0.25, -0.2) is 0 Å². The first-order valence-corrected chi connectivity index (χ1v) is 7.08. The maximum absolute atomic E-state index is 6.45. The molecule has 0 amide bonds. The van der Waals surface area contributed by atoms with Crippen LogP contribution >= 0.6 is 22.9 Å². The second-order valence-electron chi connectivity index (χ2n) is 5.25. The number of thiophene rings is 1. The number of rotatable bonds is 2. The Morgan fingerprint density at radius 1 is 1.06 bits per heavy atom. The van der Waals surface area contributed by atoms with Crippen molar-refractivity contribution >= 4 is 22.9 Å². The lowest BCUT2D eigenvalue weighted by Crippen LogP contribution is -2.10. The van der Waals surface area contributed by atoms with Crippen LogP contribution in [0.4, 0.5) is 0 Å². The van der Waals surface area contributed by atoms with Crippen molar-refractivity contribution in [3.8, 4) is 0 Å². The molecule has 0 N–H and O–H groups in total. The molecule has 0 bridgehead atoms. The van der Waals surface area contributed by atoms with Gasteiger partial charge in [0.1, 0.15) is 0 Å². The van der Waals surface area contributed by atoms with Crippen molar-refractivity contribution in [3.05, 3.63) is 57.8 Å². The predicted octanol–water partition coefficient (Wildman–Crippen LogP) is 5.37. The molecule has 0 aliphatic carbocycles. The van der Waals surface area contributed by atoms with Crippen LogP contribution in [0.3, 0.4) is 0 Å². The molecule has 0 nitrogen and oxygen atoms in total. The van der Waals surface area contributed by atoms with Gasteiger partial charge in [-0.15, -0.1) is 22.9 Å². The lowest BCUT2D eigenvalue weighted by molar-refractivity contribution is 0.590. The molecular formula is C15H17ClS. The highest BCUT2D eigenvalue weighted by Gasteiger charge is 2.15. The Kier molecular flexibility index (Phi) is 3.60. The van der Waals surface area contributed by atoms with Crippen molar-refractivity contribution in [1.82, 2.24) is 0 Å². The molecule has 1 atom stereocenters. The first-order valence-electron chi connectivity index (χ1n) is 5.76. The van der Waals surface area contributed by atoms with E-state index in [0.29, 0.717) is 0 Å². The van der Waals surface area contributed by atoms with Crippen LogP contribution in [-0.4, -0.2) is 0 Å². The Morgan fingerprint density at radius 3 is 2.18 bits per heavy atom. The Bertz CT molecular complexity index is 463. The van der Waals surface area contributed by atoms with Gasteiger partial charge in [0.15, 0.2) is 0 Å². The average Bonchev–Trinajstić information content (AvgIpc) is 2.80. The molecule has 0 radical (unpaired) electrons. The summed E-state index contributed by atoms with van der Waals surface area (Å²) in [6.45, 7) is 6.67. The molecule has 0 fully saturated rings. The fourth-order valence-corrected chi connectivity index (χ4v) is 2.85. The normalized spacial score (nSPS) is 13.6. The molecule has 0 saturated heterocycles. The van der Waals surface area contributed by atoms with Gasteiger partial charge < -0.3 is 0 Å². The molecule has 0 aliphatic heterocycles. The van der Waals surface area contributed by atoms with E-state index in [1.54, 1.807) is 11.3 Å². The van der Waals surface area contributed by atoms with E-state index in [2.05, 4.69) is 56.5 Å². The lowest BCUT2D eigenvalue weighted by atomic mass is 9.86. The molecule has 1 aromatic carbocycles. The van der Waals surface area contributed by atoms with Gasteiger partial charge in [-0.05, 0) is 28.0 Å². The number of hydrogen-bond acceptors (Lipinski definition) is 1. The van der Waals surface area contributed by atoms with Crippen LogP contribution < -0.4 is 0 Å². The SMILES string of the molecule is CC(C)(C)c1ccc(C(Cl)c2cccs2)cc1. The van der Waals surface area contributed by atoms with Crippen LogP contribution in [-0.2, 0) is 5.41 Å². The van der Waals surface area contributed by atoms with Gasteiger partial charge >= 0.3 is 0 Å². The van der Waals surface area contributed by atoms with Crippen LogP contribution in [0, 0.1) is 0 Å². The molecule has 0 saturated carbocycles. The van der Waals surface area contributed by atoms with Crippen molar-refractivity contribution < 1.29 is 0 Å². The summed E-state index contributed by atoms with van der Waals surface area (Å²) in [5.74, 6) is 0. The van der Waals surface area contributed by atoms with Crippen LogP contribution in [0.5, 0.6) is 0 Å². The lowest BCUT2D eigenvalue weighted by Gasteiger charge is -2.19. The van der Waals surface area contributed by atoms with Crippen molar-refractivity contribution in [2.75, 3.05) is 0 Å². The van der Waals surface area contributed by atoms with E-state index < -0.39 is 0 Å². The van der Waals surface area contributed by atoms with E-state index in [-0.39, 0.29) is 10.8 Å². The number of alkyl halides is 1. The third-order valence-corrected chi connectivity index (χ3v) is 4.42. The van der Waals surface area contributed by atoms with Crippen molar-refractivity contribution in [2.45, 2.75) is 31.6 Å². The van der Waals surface area contributed by atoms with Crippen LogP contribution in [0.25, 0.3) is 0 Å². The van der Waals surface area contributed by atoms with E-state index >= 15 is 0 Å². The summed E-state index contributed by atoms with van der Waals surface area (Å²) in [4.78, 5) is 1.20. The Morgan fingerprint density at radius 2 is 1.71 bits per heavy atom. The summed E-state index contributed by atoms with van der Waals surface area (Å²) < 4.78 is 0. The minimum atomic E-state index is -0.0241. The predicted molar refractivity (Wildman–Crippen MR) is 77.2 cm³/mol. The van der Waals surface area contributed by atoms with E-state index in [0.717, 1.165) is 0 Å². The molecule has 2 heteroatoms. The smallest absolute Gasteiger partial charge is 0.0927 e. The summed E-state index contributed by atoms with van der Waals surface area (Å²) in [5, 5.41) is 2.04. The molecular weight excluding hydrogens is 248 g/mol. The molecule has 2 rings (SSSR count). The van der Waals surface area contributed by atoms with Crippen molar-refractivity contribution in [3.63, 3.8) is 0 Å². The topological polar surface area (TPSA) is 0 Å². The number of benzene rings is 1. The summed E-state index contributed by atoms with van der Waals surface area (Å²) >= 11 is 8.15.